The normalized spacial score (nSPS) is 15.4. The van der Waals surface area contributed by atoms with Gasteiger partial charge < -0.3 is 14.7 Å². The van der Waals surface area contributed by atoms with Crippen molar-refractivity contribution in [3.05, 3.63) is 54.2 Å². The monoisotopic (exact) mass is 471 g/mol. The number of aliphatic carboxylic acids is 1. The number of hydrogen-bond acceptors (Lipinski definition) is 7. The van der Waals surface area contributed by atoms with Crippen LogP contribution in [0.5, 0.6) is 5.75 Å². The minimum absolute atomic E-state index is 0.215. The summed E-state index contributed by atoms with van der Waals surface area (Å²) in [6.07, 6.45) is -2.78. The number of carbonyl (C=O) groups is 3. The van der Waals surface area contributed by atoms with Crippen molar-refractivity contribution < 1.29 is 37.4 Å². The molecule has 1 fully saturated rings. The van der Waals surface area contributed by atoms with Crippen LogP contribution in [0.1, 0.15) is 5.56 Å². The second-order valence-electron chi connectivity index (χ2n) is 6.49. The van der Waals surface area contributed by atoms with Gasteiger partial charge >= 0.3 is 12.1 Å². The van der Waals surface area contributed by atoms with Gasteiger partial charge in [-0.3, -0.25) is 14.9 Å². The van der Waals surface area contributed by atoms with E-state index in [1.54, 1.807) is 6.20 Å². The van der Waals surface area contributed by atoms with E-state index in [2.05, 4.69) is 10.3 Å². The number of rotatable bonds is 7. The molecular formula is C20H20F3N3O5S. The highest BCUT2D eigenvalue weighted by molar-refractivity contribution is 8.15. The third kappa shape index (κ3) is 8.10. The van der Waals surface area contributed by atoms with Crippen LogP contribution in [0.15, 0.2) is 48.7 Å². The molecule has 0 aliphatic carbocycles. The van der Waals surface area contributed by atoms with E-state index in [-0.39, 0.29) is 16.4 Å². The maximum Gasteiger partial charge on any atom is 0.490 e. The van der Waals surface area contributed by atoms with Crippen LogP contribution in [0.25, 0.3) is 0 Å². The predicted octanol–water partition coefficient (Wildman–Crippen LogP) is 3.12. The Balaban J connectivity index is 0.000000451. The molecule has 1 aromatic heterocycles. The van der Waals surface area contributed by atoms with E-state index >= 15 is 0 Å². The fourth-order valence-electron chi connectivity index (χ4n) is 2.46. The SMILES string of the molecule is CN(CCOc1ccc(C[C@H]2SC(=O)NC2=O)cc1)c1ccccn1.O=C(O)C(F)(F)F. The second kappa shape index (κ2) is 11.4. The van der Waals surface area contributed by atoms with Gasteiger partial charge in [-0.2, -0.15) is 13.2 Å². The fourth-order valence-corrected chi connectivity index (χ4v) is 3.32. The van der Waals surface area contributed by atoms with Crippen LogP contribution in [-0.2, 0) is 16.0 Å². The van der Waals surface area contributed by atoms with Crippen molar-refractivity contribution in [1.82, 2.24) is 10.3 Å². The van der Waals surface area contributed by atoms with Gasteiger partial charge in [0.05, 0.1) is 11.8 Å². The smallest absolute Gasteiger partial charge is 0.490 e. The number of carboxylic acid groups (broad SMARTS) is 1. The molecule has 32 heavy (non-hydrogen) atoms. The van der Waals surface area contributed by atoms with Crippen LogP contribution in [0.2, 0.25) is 0 Å². The number of alkyl halides is 3. The molecule has 1 aliphatic heterocycles. The fraction of sp³-hybridized carbons (Fsp3) is 0.300. The van der Waals surface area contributed by atoms with Gasteiger partial charge in [0, 0.05) is 13.2 Å². The van der Waals surface area contributed by atoms with Crippen LogP contribution < -0.4 is 15.0 Å². The van der Waals surface area contributed by atoms with Gasteiger partial charge in [-0.1, -0.05) is 30.0 Å². The Hall–Kier alpha value is -3.28. The number of carbonyl (C=O) groups excluding carboxylic acids is 2. The number of likely N-dealkylation sites (N-methyl/N-ethyl adjacent to an activating group) is 1. The molecule has 0 radical (unpaired) electrons. The highest BCUT2D eigenvalue weighted by Crippen LogP contribution is 2.24. The average Bonchev–Trinajstić information content (AvgIpc) is 3.06. The van der Waals surface area contributed by atoms with Crippen molar-refractivity contribution in [2.45, 2.75) is 17.8 Å². The lowest BCUT2D eigenvalue weighted by Gasteiger charge is -2.18. The zero-order valence-corrected chi connectivity index (χ0v) is 17.7. The quantitative estimate of drug-likeness (QED) is 0.634. The van der Waals surface area contributed by atoms with Crippen molar-refractivity contribution in [3.63, 3.8) is 0 Å². The summed E-state index contributed by atoms with van der Waals surface area (Å²) in [4.78, 5) is 38.0. The molecule has 2 aromatic rings. The van der Waals surface area contributed by atoms with E-state index in [1.807, 2.05) is 54.4 Å². The summed E-state index contributed by atoms with van der Waals surface area (Å²) in [6, 6.07) is 13.4. The van der Waals surface area contributed by atoms with Crippen molar-refractivity contribution in [2.24, 2.45) is 0 Å². The standard InChI is InChI=1S/C18H19N3O3S.C2HF3O2/c1-21(16-4-2-3-9-19-16)10-11-24-14-7-5-13(6-8-14)12-15-17(22)20-18(23)25-15;3-2(4,5)1(6)7/h2-9,15H,10-12H2,1H3,(H,20,22,23);(H,6,7)/t15-;/m1./s1. The van der Waals surface area contributed by atoms with Crippen molar-refractivity contribution in [3.8, 4) is 5.75 Å². The molecule has 0 unspecified atom stereocenters. The molecule has 0 saturated carbocycles. The highest BCUT2D eigenvalue weighted by Gasteiger charge is 2.38. The van der Waals surface area contributed by atoms with E-state index in [0.29, 0.717) is 13.0 Å². The number of carboxylic acids is 1. The topological polar surface area (TPSA) is 109 Å². The molecule has 3 rings (SSSR count). The van der Waals surface area contributed by atoms with E-state index in [4.69, 9.17) is 14.6 Å². The third-order valence-corrected chi connectivity index (χ3v) is 5.07. The van der Waals surface area contributed by atoms with Gasteiger partial charge in [0.15, 0.2) is 0 Å². The molecule has 1 aromatic carbocycles. The maximum absolute atomic E-state index is 11.6. The summed E-state index contributed by atoms with van der Waals surface area (Å²) < 4.78 is 37.5. The lowest BCUT2D eigenvalue weighted by molar-refractivity contribution is -0.192. The first kappa shape index (κ1) is 25.0. The third-order valence-electron chi connectivity index (χ3n) is 4.09. The van der Waals surface area contributed by atoms with Crippen LogP contribution in [0.4, 0.5) is 23.8 Å². The summed E-state index contributed by atoms with van der Waals surface area (Å²) in [5.41, 5.74) is 1.00. The molecule has 12 heteroatoms. The number of benzene rings is 1. The van der Waals surface area contributed by atoms with E-state index in [0.717, 1.165) is 35.4 Å². The molecule has 1 saturated heterocycles. The van der Waals surface area contributed by atoms with Gasteiger partial charge in [0.25, 0.3) is 5.24 Å². The van der Waals surface area contributed by atoms with Gasteiger partial charge in [-0.25, -0.2) is 9.78 Å². The van der Waals surface area contributed by atoms with Crippen LogP contribution in [-0.4, -0.2) is 58.8 Å². The number of anilines is 1. The summed E-state index contributed by atoms with van der Waals surface area (Å²) in [7, 11) is 1.97. The number of nitrogens with one attached hydrogen (secondary N) is 1. The number of pyridine rings is 1. The van der Waals surface area contributed by atoms with Crippen molar-refractivity contribution in [2.75, 3.05) is 25.1 Å². The van der Waals surface area contributed by atoms with E-state index < -0.39 is 12.1 Å². The number of nitrogens with zero attached hydrogens (tertiary/aromatic N) is 2. The Morgan fingerprint density at radius 2 is 1.88 bits per heavy atom. The first-order valence-corrected chi connectivity index (χ1v) is 10.1. The first-order valence-electron chi connectivity index (χ1n) is 9.21. The van der Waals surface area contributed by atoms with Gasteiger partial charge in [-0.15, -0.1) is 0 Å². The number of imide groups is 1. The first-order chi connectivity index (χ1) is 15.1. The zero-order chi connectivity index (χ0) is 23.7. The Bertz CT molecular complexity index is 926. The average molecular weight is 471 g/mol. The number of amides is 2. The molecule has 1 atom stereocenters. The van der Waals surface area contributed by atoms with E-state index in [9.17, 15) is 22.8 Å². The van der Waals surface area contributed by atoms with Crippen molar-refractivity contribution >= 4 is 34.7 Å². The predicted molar refractivity (Wildman–Crippen MR) is 112 cm³/mol. The molecule has 1 aliphatic rings. The summed E-state index contributed by atoms with van der Waals surface area (Å²) >= 11 is 1.05. The maximum atomic E-state index is 11.6. The number of hydrogen-bond donors (Lipinski definition) is 2. The van der Waals surface area contributed by atoms with Crippen LogP contribution in [0, 0.1) is 0 Å². The van der Waals surface area contributed by atoms with Gasteiger partial charge in [0.1, 0.15) is 18.2 Å². The van der Waals surface area contributed by atoms with Gasteiger partial charge in [0.2, 0.25) is 5.91 Å². The molecule has 8 nitrogen and oxygen atoms in total. The number of halogens is 3. The Kier molecular flexibility index (Phi) is 8.88. The Labute approximate surface area is 185 Å². The zero-order valence-electron chi connectivity index (χ0n) is 16.8. The molecule has 2 N–H and O–H groups in total. The minimum atomic E-state index is -5.08. The molecule has 172 valence electrons. The summed E-state index contributed by atoms with van der Waals surface area (Å²) in [5.74, 6) is -1.29. The summed E-state index contributed by atoms with van der Waals surface area (Å²) in [6.45, 7) is 1.27. The molecule has 0 bridgehead atoms. The Morgan fingerprint density at radius 3 is 2.38 bits per heavy atom. The minimum Gasteiger partial charge on any atom is -0.492 e. The molecular weight excluding hydrogens is 451 g/mol. The molecule has 2 heterocycles. The van der Waals surface area contributed by atoms with Crippen LogP contribution >= 0.6 is 11.8 Å². The molecule has 2 amide bonds. The van der Waals surface area contributed by atoms with Crippen molar-refractivity contribution in [1.29, 1.82) is 0 Å². The highest BCUT2D eigenvalue weighted by atomic mass is 32.2. The van der Waals surface area contributed by atoms with E-state index in [1.165, 1.54) is 0 Å². The lowest BCUT2D eigenvalue weighted by Crippen LogP contribution is -2.25. The molecule has 0 spiro atoms. The number of thioether (sulfide) groups is 1. The lowest BCUT2D eigenvalue weighted by atomic mass is 10.1. The second-order valence-corrected chi connectivity index (χ2v) is 7.67. The Morgan fingerprint density at radius 1 is 1.22 bits per heavy atom. The summed E-state index contributed by atoms with van der Waals surface area (Å²) in [5, 5.41) is 8.81. The number of ether oxygens (including phenoxy) is 1. The number of aromatic nitrogens is 1. The van der Waals surface area contributed by atoms with Gasteiger partial charge in [-0.05, 0) is 36.2 Å². The largest absolute Gasteiger partial charge is 0.492 e. The van der Waals surface area contributed by atoms with Crippen LogP contribution in [0.3, 0.4) is 0 Å².